The number of rotatable bonds is 6. The molecule has 1 aliphatic rings. The zero-order chi connectivity index (χ0) is 13.9. The monoisotopic (exact) mass is 263 g/mol. The predicted molar refractivity (Wildman–Crippen MR) is 77.3 cm³/mol. The van der Waals surface area contributed by atoms with Gasteiger partial charge in [-0.3, -0.25) is 0 Å². The van der Waals surface area contributed by atoms with Gasteiger partial charge in [0.05, 0.1) is 18.2 Å². The Hall–Kier alpha value is -1.06. The first-order valence-electron chi connectivity index (χ1n) is 7.33. The maximum atomic E-state index is 10.5. The Morgan fingerprint density at radius 2 is 2.16 bits per heavy atom. The molecule has 0 aromatic heterocycles. The molecule has 0 aliphatic heterocycles. The standard InChI is InChI=1S/C16H25NO2/c1-3-5-6-9-16(17)11-12-7-8-13(19-4-2)10-14(12)15(16)18/h7-8,10,15,18H,3-6,9,11,17H2,1-2H3/t15?,16-/m0/s1. The fraction of sp³-hybridized carbons (Fsp3) is 0.625. The number of unbranched alkanes of at least 4 members (excludes halogenated alkanes) is 2. The van der Waals surface area contributed by atoms with Crippen LogP contribution in [0.25, 0.3) is 0 Å². The molecule has 106 valence electrons. The van der Waals surface area contributed by atoms with Crippen molar-refractivity contribution < 1.29 is 9.84 Å². The predicted octanol–water partition coefficient (Wildman–Crippen LogP) is 2.95. The number of aliphatic hydroxyl groups excluding tert-OH is 1. The van der Waals surface area contributed by atoms with Crippen LogP contribution in [0.4, 0.5) is 0 Å². The second kappa shape index (κ2) is 5.93. The third kappa shape index (κ3) is 2.93. The fourth-order valence-electron chi connectivity index (χ4n) is 2.94. The number of hydrogen-bond acceptors (Lipinski definition) is 3. The van der Waals surface area contributed by atoms with E-state index in [0.29, 0.717) is 6.61 Å². The molecule has 2 rings (SSSR count). The first-order valence-corrected chi connectivity index (χ1v) is 7.33. The van der Waals surface area contributed by atoms with Gasteiger partial charge in [-0.05, 0) is 43.0 Å². The average Bonchev–Trinajstić information content (AvgIpc) is 2.63. The van der Waals surface area contributed by atoms with E-state index in [0.717, 1.165) is 36.1 Å². The van der Waals surface area contributed by atoms with E-state index in [1.807, 2.05) is 25.1 Å². The number of aliphatic hydroxyl groups is 1. The molecule has 1 aliphatic carbocycles. The van der Waals surface area contributed by atoms with Crippen molar-refractivity contribution >= 4 is 0 Å². The maximum absolute atomic E-state index is 10.5. The van der Waals surface area contributed by atoms with Crippen LogP contribution in [0.15, 0.2) is 18.2 Å². The zero-order valence-corrected chi connectivity index (χ0v) is 12.0. The van der Waals surface area contributed by atoms with Gasteiger partial charge in [0, 0.05) is 0 Å². The van der Waals surface area contributed by atoms with Crippen molar-refractivity contribution in [2.75, 3.05) is 6.61 Å². The molecule has 0 saturated carbocycles. The highest BCUT2D eigenvalue weighted by molar-refractivity contribution is 5.43. The molecule has 1 aromatic rings. The normalized spacial score (nSPS) is 25.4. The molecule has 1 aromatic carbocycles. The van der Waals surface area contributed by atoms with Crippen LogP contribution in [0.3, 0.4) is 0 Å². The van der Waals surface area contributed by atoms with Crippen LogP contribution in [0.5, 0.6) is 5.75 Å². The van der Waals surface area contributed by atoms with Crippen molar-refractivity contribution in [1.29, 1.82) is 0 Å². The molecule has 0 heterocycles. The van der Waals surface area contributed by atoms with Gasteiger partial charge in [0.1, 0.15) is 5.75 Å². The summed E-state index contributed by atoms with van der Waals surface area (Å²) in [5, 5.41) is 10.5. The van der Waals surface area contributed by atoms with E-state index in [4.69, 9.17) is 10.5 Å². The van der Waals surface area contributed by atoms with Crippen LogP contribution >= 0.6 is 0 Å². The molecule has 0 radical (unpaired) electrons. The molecular weight excluding hydrogens is 238 g/mol. The van der Waals surface area contributed by atoms with E-state index in [1.165, 1.54) is 12.8 Å². The van der Waals surface area contributed by atoms with Crippen molar-refractivity contribution in [2.24, 2.45) is 5.73 Å². The summed E-state index contributed by atoms with van der Waals surface area (Å²) in [5.41, 5.74) is 8.04. The van der Waals surface area contributed by atoms with Crippen LogP contribution in [-0.4, -0.2) is 17.3 Å². The summed E-state index contributed by atoms with van der Waals surface area (Å²) in [7, 11) is 0. The molecule has 2 atom stereocenters. The van der Waals surface area contributed by atoms with Gasteiger partial charge in [-0.15, -0.1) is 0 Å². The van der Waals surface area contributed by atoms with E-state index in [-0.39, 0.29) is 0 Å². The fourth-order valence-corrected chi connectivity index (χ4v) is 2.94. The highest BCUT2D eigenvalue weighted by Crippen LogP contribution is 2.41. The molecule has 0 amide bonds. The van der Waals surface area contributed by atoms with Crippen molar-refractivity contribution in [3.05, 3.63) is 29.3 Å². The summed E-state index contributed by atoms with van der Waals surface area (Å²) < 4.78 is 5.49. The Balaban J connectivity index is 2.13. The van der Waals surface area contributed by atoms with E-state index >= 15 is 0 Å². The number of fused-ring (bicyclic) bond motifs is 1. The van der Waals surface area contributed by atoms with Crippen LogP contribution in [0.2, 0.25) is 0 Å². The minimum atomic E-state index is -0.570. The van der Waals surface area contributed by atoms with Gasteiger partial charge in [-0.2, -0.15) is 0 Å². The van der Waals surface area contributed by atoms with Crippen LogP contribution in [0, 0.1) is 0 Å². The largest absolute Gasteiger partial charge is 0.494 e. The summed E-state index contributed by atoms with van der Waals surface area (Å²) in [6.45, 7) is 4.78. The van der Waals surface area contributed by atoms with Gasteiger partial charge < -0.3 is 15.6 Å². The minimum Gasteiger partial charge on any atom is -0.494 e. The third-order valence-electron chi connectivity index (χ3n) is 4.03. The summed E-state index contributed by atoms with van der Waals surface area (Å²) in [5.74, 6) is 0.818. The van der Waals surface area contributed by atoms with E-state index in [2.05, 4.69) is 6.92 Å². The molecule has 3 N–H and O–H groups in total. The minimum absolute atomic E-state index is 0.498. The highest BCUT2D eigenvalue weighted by Gasteiger charge is 2.41. The Morgan fingerprint density at radius 1 is 1.37 bits per heavy atom. The summed E-state index contributed by atoms with van der Waals surface area (Å²) in [6.07, 6.45) is 4.50. The van der Waals surface area contributed by atoms with Crippen molar-refractivity contribution in [1.82, 2.24) is 0 Å². The molecule has 1 unspecified atom stereocenters. The van der Waals surface area contributed by atoms with Gasteiger partial charge in [0.15, 0.2) is 0 Å². The van der Waals surface area contributed by atoms with E-state index in [9.17, 15) is 5.11 Å². The van der Waals surface area contributed by atoms with Crippen molar-refractivity contribution in [3.63, 3.8) is 0 Å². The molecule has 0 spiro atoms. The average molecular weight is 263 g/mol. The van der Waals surface area contributed by atoms with Gasteiger partial charge in [0.2, 0.25) is 0 Å². The second-order valence-electron chi connectivity index (χ2n) is 5.56. The lowest BCUT2D eigenvalue weighted by molar-refractivity contribution is 0.0913. The second-order valence-corrected chi connectivity index (χ2v) is 5.56. The van der Waals surface area contributed by atoms with Gasteiger partial charge >= 0.3 is 0 Å². The highest BCUT2D eigenvalue weighted by atomic mass is 16.5. The van der Waals surface area contributed by atoms with E-state index < -0.39 is 11.6 Å². The Kier molecular flexibility index (Phi) is 4.48. The van der Waals surface area contributed by atoms with Crippen LogP contribution < -0.4 is 10.5 Å². The molecule has 3 heteroatoms. The molecule has 0 bridgehead atoms. The summed E-state index contributed by atoms with van der Waals surface area (Å²) >= 11 is 0. The van der Waals surface area contributed by atoms with Crippen molar-refractivity contribution in [2.45, 2.75) is 57.6 Å². The number of hydrogen-bond donors (Lipinski definition) is 2. The lowest BCUT2D eigenvalue weighted by atomic mass is 9.88. The quantitative estimate of drug-likeness (QED) is 0.776. The van der Waals surface area contributed by atoms with Crippen LogP contribution in [-0.2, 0) is 6.42 Å². The molecule has 0 saturated heterocycles. The molecule has 3 nitrogen and oxygen atoms in total. The molecule has 19 heavy (non-hydrogen) atoms. The first-order chi connectivity index (χ1) is 9.10. The third-order valence-corrected chi connectivity index (χ3v) is 4.03. The van der Waals surface area contributed by atoms with E-state index in [1.54, 1.807) is 0 Å². The lowest BCUT2D eigenvalue weighted by Crippen LogP contribution is -2.44. The Morgan fingerprint density at radius 3 is 2.84 bits per heavy atom. The van der Waals surface area contributed by atoms with Gasteiger partial charge in [-0.1, -0.05) is 32.3 Å². The molecule has 0 fully saturated rings. The lowest BCUT2D eigenvalue weighted by Gasteiger charge is -2.28. The topological polar surface area (TPSA) is 55.5 Å². The smallest absolute Gasteiger partial charge is 0.119 e. The van der Waals surface area contributed by atoms with Crippen molar-refractivity contribution in [3.8, 4) is 5.75 Å². The Bertz CT molecular complexity index is 433. The number of nitrogens with two attached hydrogens (primary N) is 1. The zero-order valence-electron chi connectivity index (χ0n) is 12.0. The number of benzene rings is 1. The SMILES string of the molecule is CCCCC[C@]1(N)Cc2ccc(OCC)cc2C1O. The summed E-state index contributed by atoms with van der Waals surface area (Å²) in [4.78, 5) is 0. The molecular formula is C16H25NO2. The first kappa shape index (κ1) is 14.4. The maximum Gasteiger partial charge on any atom is 0.119 e. The number of ether oxygens (including phenoxy) is 1. The van der Waals surface area contributed by atoms with Crippen LogP contribution in [0.1, 0.15) is 56.8 Å². The summed E-state index contributed by atoms with van der Waals surface area (Å²) in [6, 6.07) is 5.95. The van der Waals surface area contributed by atoms with Gasteiger partial charge in [-0.25, -0.2) is 0 Å². The Labute approximate surface area is 115 Å². The van der Waals surface area contributed by atoms with Gasteiger partial charge in [0.25, 0.3) is 0 Å².